The van der Waals surface area contributed by atoms with E-state index in [4.69, 9.17) is 10.00 Å². The van der Waals surface area contributed by atoms with E-state index in [2.05, 4.69) is 4.74 Å². The number of esters is 1. The number of carbonyl (C=O) groups excluding carboxylic acids is 1. The summed E-state index contributed by atoms with van der Waals surface area (Å²) in [5.74, 6) is -0.494. The second-order valence-corrected chi connectivity index (χ2v) is 2.50. The molecule has 11 heavy (non-hydrogen) atoms. The molecule has 60 valence electrons. The van der Waals surface area contributed by atoms with Crippen LogP contribution in [0.4, 0.5) is 0 Å². The fourth-order valence-electron chi connectivity index (χ4n) is 1.08. The van der Waals surface area contributed by atoms with Crippen LogP contribution in [0.5, 0.6) is 0 Å². The molecule has 0 N–H and O–H groups in total. The number of rotatable bonds is 2. The molecule has 2 unspecified atom stereocenters. The van der Waals surface area contributed by atoms with Crippen LogP contribution in [0.25, 0.3) is 0 Å². The van der Waals surface area contributed by atoms with Crippen LogP contribution in [-0.4, -0.2) is 26.3 Å². The molecule has 0 aromatic heterocycles. The van der Waals surface area contributed by atoms with Gasteiger partial charge >= 0.3 is 5.97 Å². The fourth-order valence-corrected chi connectivity index (χ4v) is 1.08. The SMILES string of the molecule is COC(=O)C1(C#N)CC1OC. The summed E-state index contributed by atoms with van der Waals surface area (Å²) in [7, 11) is 2.75. The molecule has 0 amide bonds. The predicted molar refractivity (Wildman–Crippen MR) is 35.5 cm³/mol. The van der Waals surface area contributed by atoms with Crippen molar-refractivity contribution in [1.82, 2.24) is 0 Å². The minimum absolute atomic E-state index is 0.278. The van der Waals surface area contributed by atoms with Crippen LogP contribution >= 0.6 is 0 Å². The Balaban J connectivity index is 2.69. The molecule has 1 fully saturated rings. The lowest BCUT2D eigenvalue weighted by Gasteiger charge is -2.03. The van der Waals surface area contributed by atoms with Gasteiger partial charge in [0.15, 0.2) is 5.41 Å². The summed E-state index contributed by atoms with van der Waals surface area (Å²) in [5.41, 5.74) is -1.01. The molecule has 0 spiro atoms. The Labute approximate surface area is 64.7 Å². The third-order valence-electron chi connectivity index (χ3n) is 1.93. The van der Waals surface area contributed by atoms with E-state index >= 15 is 0 Å². The van der Waals surface area contributed by atoms with Crippen LogP contribution in [0.15, 0.2) is 0 Å². The fraction of sp³-hybridized carbons (Fsp3) is 0.714. The number of carbonyl (C=O) groups is 1. The van der Waals surface area contributed by atoms with Crippen molar-refractivity contribution in [3.8, 4) is 6.07 Å². The van der Waals surface area contributed by atoms with Crippen LogP contribution in [0.1, 0.15) is 6.42 Å². The largest absolute Gasteiger partial charge is 0.468 e. The third-order valence-corrected chi connectivity index (χ3v) is 1.93. The first-order valence-electron chi connectivity index (χ1n) is 3.23. The zero-order valence-corrected chi connectivity index (χ0v) is 6.46. The van der Waals surface area contributed by atoms with Gasteiger partial charge in [0, 0.05) is 13.5 Å². The van der Waals surface area contributed by atoms with Gasteiger partial charge in [0.2, 0.25) is 0 Å². The molecule has 0 heterocycles. The van der Waals surface area contributed by atoms with Gasteiger partial charge in [-0.3, -0.25) is 4.79 Å². The van der Waals surface area contributed by atoms with Crippen molar-refractivity contribution in [3.05, 3.63) is 0 Å². The molecule has 0 aliphatic heterocycles. The predicted octanol–water partition coefficient (Wildman–Crippen LogP) is 0.0881. The van der Waals surface area contributed by atoms with E-state index in [1.54, 1.807) is 0 Å². The maximum absolute atomic E-state index is 11.0. The molecule has 1 aliphatic rings. The van der Waals surface area contributed by atoms with Gasteiger partial charge in [-0.1, -0.05) is 0 Å². The van der Waals surface area contributed by atoms with Crippen LogP contribution in [0.3, 0.4) is 0 Å². The van der Waals surface area contributed by atoms with Crippen molar-refractivity contribution in [3.63, 3.8) is 0 Å². The first-order chi connectivity index (χ1) is 5.21. The number of hydrogen-bond acceptors (Lipinski definition) is 4. The first-order valence-corrected chi connectivity index (χ1v) is 3.23. The molecule has 1 aliphatic carbocycles. The molecule has 4 heteroatoms. The Morgan fingerprint density at radius 2 is 2.36 bits per heavy atom. The minimum atomic E-state index is -1.01. The summed E-state index contributed by atoms with van der Waals surface area (Å²) in [4.78, 5) is 11.0. The molecular formula is C7H9NO3. The quantitative estimate of drug-likeness (QED) is 0.530. The highest BCUT2D eigenvalue weighted by molar-refractivity contribution is 5.84. The molecule has 2 atom stereocenters. The lowest BCUT2D eigenvalue weighted by Crippen LogP contribution is -2.20. The maximum Gasteiger partial charge on any atom is 0.329 e. The highest BCUT2D eigenvalue weighted by Crippen LogP contribution is 2.48. The van der Waals surface area contributed by atoms with Gasteiger partial charge in [-0.2, -0.15) is 5.26 Å². The molecule has 0 aromatic carbocycles. The standard InChI is InChI=1S/C7H9NO3/c1-10-5-3-7(5,4-8)6(9)11-2/h5H,3H2,1-2H3. The Bertz CT molecular complexity index is 220. The topological polar surface area (TPSA) is 59.3 Å². The highest BCUT2D eigenvalue weighted by atomic mass is 16.5. The Hall–Kier alpha value is -1.08. The maximum atomic E-state index is 11.0. The van der Waals surface area contributed by atoms with Crippen molar-refractivity contribution in [2.75, 3.05) is 14.2 Å². The lowest BCUT2D eigenvalue weighted by atomic mass is 10.1. The van der Waals surface area contributed by atoms with Gasteiger partial charge in [0.25, 0.3) is 0 Å². The van der Waals surface area contributed by atoms with E-state index in [9.17, 15) is 4.79 Å². The lowest BCUT2D eigenvalue weighted by molar-refractivity contribution is -0.146. The van der Waals surface area contributed by atoms with Crippen molar-refractivity contribution in [1.29, 1.82) is 5.26 Å². The summed E-state index contributed by atoms with van der Waals surface area (Å²) in [6.45, 7) is 0. The third kappa shape index (κ3) is 0.976. The first kappa shape index (κ1) is 8.02. The number of nitrogens with zero attached hydrogens (tertiary/aromatic N) is 1. The van der Waals surface area contributed by atoms with Crippen molar-refractivity contribution >= 4 is 5.97 Å². The van der Waals surface area contributed by atoms with Gasteiger partial charge in [-0.05, 0) is 0 Å². The summed E-state index contributed by atoms with van der Waals surface area (Å²) < 4.78 is 9.33. The summed E-state index contributed by atoms with van der Waals surface area (Å²) in [5, 5.41) is 8.63. The Kier molecular flexibility index (Phi) is 1.83. The highest BCUT2D eigenvalue weighted by Gasteiger charge is 2.63. The zero-order chi connectivity index (χ0) is 8.48. The smallest absolute Gasteiger partial charge is 0.329 e. The van der Waals surface area contributed by atoms with Crippen molar-refractivity contribution in [2.24, 2.45) is 5.41 Å². The van der Waals surface area contributed by atoms with E-state index in [0.29, 0.717) is 6.42 Å². The number of methoxy groups -OCH3 is 2. The van der Waals surface area contributed by atoms with Crippen LogP contribution in [0, 0.1) is 16.7 Å². The zero-order valence-electron chi connectivity index (χ0n) is 6.46. The van der Waals surface area contributed by atoms with Crippen molar-refractivity contribution < 1.29 is 14.3 Å². The van der Waals surface area contributed by atoms with E-state index in [1.165, 1.54) is 14.2 Å². The normalized spacial score (nSPS) is 34.1. The van der Waals surface area contributed by atoms with Crippen LogP contribution in [0.2, 0.25) is 0 Å². The summed E-state index contributed by atoms with van der Waals surface area (Å²) >= 11 is 0. The average molecular weight is 155 g/mol. The van der Waals surface area contributed by atoms with Gasteiger partial charge in [0.05, 0.1) is 19.3 Å². The Morgan fingerprint density at radius 3 is 2.64 bits per heavy atom. The minimum Gasteiger partial charge on any atom is -0.468 e. The molecule has 1 rings (SSSR count). The van der Waals surface area contributed by atoms with Crippen LogP contribution < -0.4 is 0 Å². The van der Waals surface area contributed by atoms with Gasteiger partial charge in [-0.15, -0.1) is 0 Å². The summed E-state index contributed by atoms with van der Waals surface area (Å²) in [6, 6.07) is 1.90. The molecular weight excluding hydrogens is 146 g/mol. The number of hydrogen-bond donors (Lipinski definition) is 0. The molecule has 0 aromatic rings. The van der Waals surface area contributed by atoms with E-state index in [0.717, 1.165) is 0 Å². The van der Waals surface area contributed by atoms with Crippen LogP contribution in [-0.2, 0) is 14.3 Å². The monoisotopic (exact) mass is 155 g/mol. The van der Waals surface area contributed by atoms with Gasteiger partial charge < -0.3 is 9.47 Å². The van der Waals surface area contributed by atoms with Gasteiger partial charge in [0.1, 0.15) is 0 Å². The second kappa shape index (κ2) is 2.51. The molecule has 0 bridgehead atoms. The van der Waals surface area contributed by atoms with E-state index < -0.39 is 11.4 Å². The van der Waals surface area contributed by atoms with Crippen molar-refractivity contribution in [2.45, 2.75) is 12.5 Å². The molecule has 4 nitrogen and oxygen atoms in total. The summed E-state index contributed by atoms with van der Waals surface area (Å²) in [6.07, 6.45) is 0.173. The van der Waals surface area contributed by atoms with Gasteiger partial charge in [-0.25, -0.2) is 0 Å². The van der Waals surface area contributed by atoms with E-state index in [-0.39, 0.29) is 6.10 Å². The number of ether oxygens (including phenoxy) is 2. The average Bonchev–Trinajstić information content (AvgIpc) is 2.78. The number of nitriles is 1. The molecule has 0 saturated heterocycles. The second-order valence-electron chi connectivity index (χ2n) is 2.50. The molecule has 1 saturated carbocycles. The Morgan fingerprint density at radius 1 is 1.73 bits per heavy atom. The van der Waals surface area contributed by atoms with E-state index in [1.807, 2.05) is 6.07 Å². The molecule has 0 radical (unpaired) electrons.